The van der Waals surface area contributed by atoms with Gasteiger partial charge in [-0.25, -0.2) is 0 Å². The summed E-state index contributed by atoms with van der Waals surface area (Å²) in [5.41, 5.74) is 8.19. The topological polar surface area (TPSA) is 130 Å². The molecule has 3 aromatic carbocycles. The summed E-state index contributed by atoms with van der Waals surface area (Å²) in [7, 11) is 0. The highest BCUT2D eigenvalue weighted by atomic mass is 19.4. The minimum atomic E-state index is -4.71. The van der Waals surface area contributed by atoms with Crippen molar-refractivity contribution >= 4 is 29.3 Å². The van der Waals surface area contributed by atoms with Gasteiger partial charge in [-0.2, -0.15) is 13.2 Å². The first kappa shape index (κ1) is 31.3. The number of anilines is 2. The Labute approximate surface area is 248 Å². The summed E-state index contributed by atoms with van der Waals surface area (Å²) in [5.74, 6) is -0.179. The Hall–Kier alpha value is -4.67. The van der Waals surface area contributed by atoms with E-state index in [-0.39, 0.29) is 29.8 Å². The second kappa shape index (κ2) is 12.3. The zero-order valence-corrected chi connectivity index (χ0v) is 24.4. The Kier molecular flexibility index (Phi) is 8.93. The van der Waals surface area contributed by atoms with E-state index in [1.165, 1.54) is 24.3 Å². The van der Waals surface area contributed by atoms with Crippen LogP contribution in [-0.2, 0) is 17.4 Å². The molecule has 11 heteroatoms. The van der Waals surface area contributed by atoms with Crippen molar-refractivity contribution in [3.8, 4) is 17.2 Å². The Morgan fingerprint density at radius 2 is 1.77 bits per heavy atom. The SMILES string of the molecule is Cc1c(C)c2c(c(C)c1O)CCC(C)(CCOc1ccc(NC(=O)/C=C/c3ccc(NC(=N)N)cc3)cc1C(F)(F)F)O2. The van der Waals surface area contributed by atoms with Crippen molar-refractivity contribution < 1.29 is 32.5 Å². The van der Waals surface area contributed by atoms with Crippen molar-refractivity contribution in [3.63, 3.8) is 0 Å². The molecular weight excluding hydrogens is 561 g/mol. The maximum atomic E-state index is 13.9. The van der Waals surface area contributed by atoms with Crippen LogP contribution in [-0.4, -0.2) is 29.2 Å². The Balaban J connectivity index is 1.40. The van der Waals surface area contributed by atoms with Crippen LogP contribution in [0.5, 0.6) is 17.2 Å². The number of guanidine groups is 1. The Morgan fingerprint density at radius 3 is 2.42 bits per heavy atom. The summed E-state index contributed by atoms with van der Waals surface area (Å²) in [5, 5.41) is 22.7. The molecule has 1 atom stereocenters. The maximum Gasteiger partial charge on any atom is 0.420 e. The molecule has 43 heavy (non-hydrogen) atoms. The third-order valence-electron chi connectivity index (χ3n) is 7.65. The number of carbonyl (C=O) groups excluding carboxylic acids is 1. The van der Waals surface area contributed by atoms with E-state index >= 15 is 0 Å². The first-order valence-corrected chi connectivity index (χ1v) is 13.7. The fraction of sp³-hybridized carbons (Fsp3) is 0.312. The monoisotopic (exact) mass is 596 g/mol. The smallest absolute Gasteiger partial charge is 0.420 e. The second-order valence-electron chi connectivity index (χ2n) is 10.9. The number of carbonyl (C=O) groups is 1. The number of amides is 1. The van der Waals surface area contributed by atoms with Gasteiger partial charge in [0.1, 0.15) is 22.8 Å². The van der Waals surface area contributed by atoms with Crippen LogP contribution in [0, 0.1) is 26.2 Å². The fourth-order valence-electron chi connectivity index (χ4n) is 4.99. The maximum absolute atomic E-state index is 13.9. The number of alkyl halides is 3. The van der Waals surface area contributed by atoms with Crippen molar-refractivity contribution in [2.24, 2.45) is 5.73 Å². The third kappa shape index (κ3) is 7.40. The molecule has 0 bridgehead atoms. The quantitative estimate of drug-likeness (QED) is 0.110. The van der Waals surface area contributed by atoms with Gasteiger partial charge in [0.2, 0.25) is 5.91 Å². The Morgan fingerprint density at radius 1 is 1.09 bits per heavy atom. The lowest BCUT2D eigenvalue weighted by atomic mass is 9.86. The van der Waals surface area contributed by atoms with E-state index in [1.54, 1.807) is 24.3 Å². The zero-order chi connectivity index (χ0) is 31.5. The van der Waals surface area contributed by atoms with E-state index in [0.717, 1.165) is 28.3 Å². The van der Waals surface area contributed by atoms with Crippen LogP contribution in [0.1, 0.15) is 53.1 Å². The van der Waals surface area contributed by atoms with Gasteiger partial charge in [0.15, 0.2) is 5.96 Å². The van der Waals surface area contributed by atoms with Crippen LogP contribution in [0.25, 0.3) is 6.08 Å². The van der Waals surface area contributed by atoms with Gasteiger partial charge < -0.3 is 30.9 Å². The van der Waals surface area contributed by atoms with Crippen LogP contribution in [0.2, 0.25) is 0 Å². The second-order valence-corrected chi connectivity index (χ2v) is 10.9. The molecule has 1 aliphatic heterocycles. The van der Waals surface area contributed by atoms with Crippen LogP contribution in [0.3, 0.4) is 0 Å². The normalized spacial score (nSPS) is 16.3. The molecule has 4 rings (SSSR count). The van der Waals surface area contributed by atoms with Gasteiger partial charge in [-0.15, -0.1) is 0 Å². The molecule has 1 heterocycles. The van der Waals surface area contributed by atoms with E-state index in [1.807, 2.05) is 27.7 Å². The molecule has 0 saturated carbocycles. The van der Waals surface area contributed by atoms with E-state index in [0.29, 0.717) is 36.3 Å². The number of nitrogens with two attached hydrogens (primary N) is 1. The molecule has 1 aliphatic rings. The first-order chi connectivity index (χ1) is 20.2. The number of halogens is 3. The average molecular weight is 597 g/mol. The van der Waals surface area contributed by atoms with Crippen molar-refractivity contribution in [2.45, 2.75) is 58.7 Å². The highest BCUT2D eigenvalue weighted by Crippen LogP contribution is 2.44. The molecule has 3 aromatic rings. The number of hydrogen-bond donors (Lipinski definition) is 5. The lowest BCUT2D eigenvalue weighted by Crippen LogP contribution is -2.38. The van der Waals surface area contributed by atoms with Crippen molar-refractivity contribution in [1.82, 2.24) is 0 Å². The van der Waals surface area contributed by atoms with E-state index < -0.39 is 23.2 Å². The molecule has 0 aliphatic carbocycles. The summed E-state index contributed by atoms with van der Waals surface area (Å²) < 4.78 is 53.8. The molecule has 1 amide bonds. The predicted octanol–water partition coefficient (Wildman–Crippen LogP) is 6.85. The number of rotatable bonds is 8. The number of phenolic OH excluding ortho intramolecular Hbond substituents is 1. The largest absolute Gasteiger partial charge is 0.507 e. The molecule has 0 saturated heterocycles. The van der Waals surface area contributed by atoms with E-state index in [2.05, 4.69) is 10.6 Å². The summed E-state index contributed by atoms with van der Waals surface area (Å²) in [6, 6.07) is 10.1. The molecular formula is C32H35F3N4O4. The highest BCUT2D eigenvalue weighted by Gasteiger charge is 2.37. The van der Waals surface area contributed by atoms with Gasteiger partial charge in [-0.3, -0.25) is 10.2 Å². The number of hydrogen-bond acceptors (Lipinski definition) is 5. The van der Waals surface area contributed by atoms with Crippen molar-refractivity contribution in [2.75, 3.05) is 17.2 Å². The fourth-order valence-corrected chi connectivity index (χ4v) is 4.99. The molecule has 8 nitrogen and oxygen atoms in total. The summed E-state index contributed by atoms with van der Waals surface area (Å²) >= 11 is 0. The summed E-state index contributed by atoms with van der Waals surface area (Å²) in [6.45, 7) is 7.45. The van der Waals surface area contributed by atoms with Crippen LogP contribution in [0.15, 0.2) is 48.5 Å². The molecule has 0 aromatic heterocycles. The van der Waals surface area contributed by atoms with Gasteiger partial charge in [0.05, 0.1) is 12.2 Å². The van der Waals surface area contributed by atoms with Crippen LogP contribution >= 0.6 is 0 Å². The van der Waals surface area contributed by atoms with Crippen molar-refractivity contribution in [1.29, 1.82) is 5.41 Å². The summed E-state index contributed by atoms with van der Waals surface area (Å²) in [4.78, 5) is 12.4. The first-order valence-electron chi connectivity index (χ1n) is 13.7. The standard InChI is InChI=1S/C32H35F3N4O4/c1-18-19(2)29-24(20(3)28(18)41)13-14-31(4,43-29)15-16-42-26-11-10-23(17-25(26)32(33,34)35)38-27(40)12-7-21-5-8-22(9-6-21)39-30(36)37/h5-12,17,41H,13-16H2,1-4H3,(H,38,40)(H4,36,37,39)/b12-7+. The summed E-state index contributed by atoms with van der Waals surface area (Å²) in [6.07, 6.45) is -0.354. The molecule has 1 unspecified atom stereocenters. The number of ether oxygens (including phenoxy) is 2. The van der Waals surface area contributed by atoms with Crippen LogP contribution < -0.4 is 25.8 Å². The van der Waals surface area contributed by atoms with E-state index in [4.69, 9.17) is 20.6 Å². The lowest BCUT2D eigenvalue weighted by molar-refractivity contribution is -0.139. The number of nitrogens with one attached hydrogen (secondary N) is 3. The van der Waals surface area contributed by atoms with Crippen molar-refractivity contribution in [3.05, 3.63) is 81.9 Å². The zero-order valence-electron chi connectivity index (χ0n) is 24.4. The van der Waals surface area contributed by atoms with Gasteiger partial charge in [-0.1, -0.05) is 12.1 Å². The molecule has 228 valence electrons. The third-order valence-corrected chi connectivity index (χ3v) is 7.65. The molecule has 0 fully saturated rings. The van der Waals surface area contributed by atoms with Gasteiger partial charge >= 0.3 is 6.18 Å². The van der Waals surface area contributed by atoms with Gasteiger partial charge in [0, 0.05) is 29.4 Å². The minimum Gasteiger partial charge on any atom is -0.507 e. The average Bonchev–Trinajstić information content (AvgIpc) is 2.94. The number of fused-ring (bicyclic) bond motifs is 1. The highest BCUT2D eigenvalue weighted by molar-refractivity contribution is 6.02. The van der Waals surface area contributed by atoms with Gasteiger partial charge in [-0.05, 0) is 99.2 Å². The minimum absolute atomic E-state index is 0.0147. The molecule has 0 radical (unpaired) electrons. The predicted molar refractivity (Wildman–Crippen MR) is 161 cm³/mol. The number of aromatic hydroxyl groups is 1. The lowest BCUT2D eigenvalue weighted by Gasteiger charge is -2.38. The molecule has 0 spiro atoms. The molecule has 6 N–H and O–H groups in total. The Bertz CT molecular complexity index is 1570. The van der Waals surface area contributed by atoms with Gasteiger partial charge in [0.25, 0.3) is 0 Å². The van der Waals surface area contributed by atoms with E-state index in [9.17, 15) is 23.1 Å². The van der Waals surface area contributed by atoms with Crippen LogP contribution in [0.4, 0.5) is 24.5 Å². The number of benzene rings is 3. The number of phenols is 1.